The van der Waals surface area contributed by atoms with E-state index in [1.165, 1.54) is 0 Å². The lowest BCUT2D eigenvalue weighted by molar-refractivity contribution is -0.122. The van der Waals surface area contributed by atoms with Gasteiger partial charge in [0.15, 0.2) is 0 Å². The molecule has 2 N–H and O–H groups in total. The second kappa shape index (κ2) is 13.2. The van der Waals surface area contributed by atoms with Crippen molar-refractivity contribution >= 4 is 11.8 Å². The Labute approximate surface area is 235 Å². The third-order valence-electron chi connectivity index (χ3n) is 7.01. The van der Waals surface area contributed by atoms with Crippen molar-refractivity contribution in [3.05, 3.63) is 179 Å². The van der Waals surface area contributed by atoms with Crippen molar-refractivity contribution < 1.29 is 9.59 Å². The zero-order valence-corrected chi connectivity index (χ0v) is 22.2. The maximum absolute atomic E-state index is 13.3. The monoisotopic (exact) mass is 524 g/mol. The SMILES string of the molecule is O=C(NCc1ccc(CNC(=O)C(c2ccccc2)c2ccccc2)cc1)C(c1ccccc1)c1ccccc1. The molecule has 0 aliphatic heterocycles. The molecule has 0 unspecified atom stereocenters. The quantitative estimate of drug-likeness (QED) is 0.217. The minimum atomic E-state index is -0.376. The summed E-state index contributed by atoms with van der Waals surface area (Å²) in [7, 11) is 0. The molecular weight excluding hydrogens is 492 g/mol. The third-order valence-corrected chi connectivity index (χ3v) is 7.01. The smallest absolute Gasteiger partial charge is 0.232 e. The van der Waals surface area contributed by atoms with Crippen molar-refractivity contribution in [3.8, 4) is 0 Å². The van der Waals surface area contributed by atoms with E-state index in [-0.39, 0.29) is 23.7 Å². The predicted molar refractivity (Wildman–Crippen MR) is 160 cm³/mol. The van der Waals surface area contributed by atoms with Gasteiger partial charge in [0, 0.05) is 13.1 Å². The minimum absolute atomic E-state index is 0.0402. The van der Waals surface area contributed by atoms with Crippen molar-refractivity contribution in [1.29, 1.82) is 0 Å². The van der Waals surface area contributed by atoms with E-state index in [9.17, 15) is 9.59 Å². The summed E-state index contributed by atoms with van der Waals surface area (Å²) in [5.74, 6) is -0.832. The number of carbonyl (C=O) groups excluding carboxylic acids is 2. The standard InChI is InChI=1S/C36H32N2O2/c39-35(33(29-13-5-1-6-14-29)30-15-7-2-8-16-30)37-25-27-21-23-28(24-22-27)26-38-36(40)34(31-17-9-3-10-18-31)32-19-11-4-12-20-32/h1-24,33-34H,25-26H2,(H,37,39)(H,38,40). The molecule has 0 aliphatic rings. The summed E-state index contributed by atoms with van der Waals surface area (Å²) in [6, 6.07) is 47.3. The van der Waals surface area contributed by atoms with Crippen LogP contribution in [0.5, 0.6) is 0 Å². The third kappa shape index (κ3) is 6.72. The summed E-state index contributed by atoms with van der Waals surface area (Å²) >= 11 is 0. The van der Waals surface area contributed by atoms with Gasteiger partial charge in [-0.3, -0.25) is 9.59 Å². The van der Waals surface area contributed by atoms with E-state index in [1.807, 2.05) is 146 Å². The van der Waals surface area contributed by atoms with Crippen molar-refractivity contribution in [3.63, 3.8) is 0 Å². The van der Waals surface area contributed by atoms with Crippen LogP contribution in [0.15, 0.2) is 146 Å². The number of carbonyl (C=O) groups is 2. The van der Waals surface area contributed by atoms with Crippen LogP contribution < -0.4 is 10.6 Å². The zero-order valence-electron chi connectivity index (χ0n) is 22.2. The van der Waals surface area contributed by atoms with Crippen molar-refractivity contribution in [1.82, 2.24) is 10.6 Å². The number of hydrogen-bond acceptors (Lipinski definition) is 2. The molecule has 0 aromatic heterocycles. The van der Waals surface area contributed by atoms with E-state index in [0.29, 0.717) is 13.1 Å². The molecule has 40 heavy (non-hydrogen) atoms. The van der Waals surface area contributed by atoms with E-state index >= 15 is 0 Å². The molecule has 0 fully saturated rings. The Kier molecular flexibility index (Phi) is 8.80. The fourth-order valence-corrected chi connectivity index (χ4v) is 4.93. The van der Waals surface area contributed by atoms with Crippen LogP contribution >= 0.6 is 0 Å². The second-order valence-corrected chi connectivity index (χ2v) is 9.76. The van der Waals surface area contributed by atoms with Crippen molar-refractivity contribution in [2.75, 3.05) is 0 Å². The second-order valence-electron chi connectivity index (χ2n) is 9.76. The topological polar surface area (TPSA) is 58.2 Å². The molecule has 4 nitrogen and oxygen atoms in total. The van der Waals surface area contributed by atoms with Gasteiger partial charge in [-0.15, -0.1) is 0 Å². The van der Waals surface area contributed by atoms with E-state index in [1.54, 1.807) is 0 Å². The van der Waals surface area contributed by atoms with Crippen LogP contribution in [0.1, 0.15) is 45.2 Å². The molecule has 0 saturated heterocycles. The van der Waals surface area contributed by atoms with Crippen molar-refractivity contribution in [2.45, 2.75) is 24.9 Å². The van der Waals surface area contributed by atoms with Gasteiger partial charge in [0.05, 0.1) is 11.8 Å². The first kappa shape index (κ1) is 26.6. The Morgan fingerprint density at radius 2 is 0.650 bits per heavy atom. The first-order valence-corrected chi connectivity index (χ1v) is 13.5. The molecule has 0 atom stereocenters. The Morgan fingerprint density at radius 1 is 0.400 bits per heavy atom. The van der Waals surface area contributed by atoms with Gasteiger partial charge in [0.2, 0.25) is 11.8 Å². The van der Waals surface area contributed by atoms with Crippen LogP contribution in [0.4, 0.5) is 0 Å². The lowest BCUT2D eigenvalue weighted by Gasteiger charge is -2.18. The van der Waals surface area contributed by atoms with Crippen LogP contribution in [-0.4, -0.2) is 11.8 Å². The molecule has 5 aromatic carbocycles. The molecule has 0 radical (unpaired) electrons. The molecule has 2 amide bonds. The summed E-state index contributed by atoms with van der Waals surface area (Å²) in [5.41, 5.74) is 5.83. The van der Waals surface area contributed by atoms with Gasteiger partial charge in [0.25, 0.3) is 0 Å². The first-order chi connectivity index (χ1) is 19.7. The Morgan fingerprint density at radius 3 is 0.900 bits per heavy atom. The van der Waals surface area contributed by atoms with Gasteiger partial charge >= 0.3 is 0 Å². The molecule has 4 heteroatoms. The van der Waals surface area contributed by atoms with Gasteiger partial charge in [-0.1, -0.05) is 146 Å². The van der Waals surface area contributed by atoms with E-state index in [2.05, 4.69) is 10.6 Å². The highest BCUT2D eigenvalue weighted by Gasteiger charge is 2.23. The normalized spacial score (nSPS) is 10.8. The lowest BCUT2D eigenvalue weighted by Crippen LogP contribution is -2.30. The van der Waals surface area contributed by atoms with Gasteiger partial charge in [-0.05, 0) is 33.4 Å². The average molecular weight is 525 g/mol. The van der Waals surface area contributed by atoms with Gasteiger partial charge < -0.3 is 10.6 Å². The average Bonchev–Trinajstić information content (AvgIpc) is 3.02. The maximum atomic E-state index is 13.3. The van der Waals surface area contributed by atoms with Gasteiger partial charge in [0.1, 0.15) is 0 Å². The summed E-state index contributed by atoms with van der Waals surface area (Å²) in [5, 5.41) is 6.22. The largest absolute Gasteiger partial charge is 0.351 e. The maximum Gasteiger partial charge on any atom is 0.232 e. The van der Waals surface area contributed by atoms with Crippen LogP contribution in [0.3, 0.4) is 0 Å². The zero-order chi connectivity index (χ0) is 27.6. The summed E-state index contributed by atoms with van der Waals surface area (Å²) in [4.78, 5) is 26.6. The highest BCUT2D eigenvalue weighted by molar-refractivity contribution is 5.87. The lowest BCUT2D eigenvalue weighted by atomic mass is 9.90. The fourth-order valence-electron chi connectivity index (χ4n) is 4.93. The predicted octanol–water partition coefficient (Wildman–Crippen LogP) is 6.58. The number of hydrogen-bond donors (Lipinski definition) is 2. The highest BCUT2D eigenvalue weighted by atomic mass is 16.2. The minimum Gasteiger partial charge on any atom is -0.351 e. The van der Waals surface area contributed by atoms with Crippen LogP contribution in [0.2, 0.25) is 0 Å². The number of benzene rings is 5. The Bertz CT molecular complexity index is 1310. The molecule has 0 heterocycles. The number of nitrogens with one attached hydrogen (secondary N) is 2. The van der Waals surface area contributed by atoms with Crippen LogP contribution in [-0.2, 0) is 22.7 Å². The molecular formula is C36H32N2O2. The molecule has 5 aromatic rings. The molecule has 0 saturated carbocycles. The summed E-state index contributed by atoms with van der Waals surface area (Å²) in [6.45, 7) is 0.845. The molecule has 0 spiro atoms. The van der Waals surface area contributed by atoms with Crippen LogP contribution in [0, 0.1) is 0 Å². The van der Waals surface area contributed by atoms with Gasteiger partial charge in [-0.2, -0.15) is 0 Å². The fraction of sp³-hybridized carbons (Fsp3) is 0.111. The number of rotatable bonds is 10. The van der Waals surface area contributed by atoms with Crippen molar-refractivity contribution in [2.24, 2.45) is 0 Å². The highest BCUT2D eigenvalue weighted by Crippen LogP contribution is 2.26. The summed E-state index contributed by atoms with van der Waals surface area (Å²) < 4.78 is 0. The summed E-state index contributed by atoms with van der Waals surface area (Å²) in [6.07, 6.45) is 0. The molecule has 0 aliphatic carbocycles. The van der Waals surface area contributed by atoms with E-state index in [4.69, 9.17) is 0 Å². The van der Waals surface area contributed by atoms with Crippen LogP contribution in [0.25, 0.3) is 0 Å². The molecule has 198 valence electrons. The van der Waals surface area contributed by atoms with E-state index in [0.717, 1.165) is 33.4 Å². The van der Waals surface area contributed by atoms with Gasteiger partial charge in [-0.25, -0.2) is 0 Å². The first-order valence-electron chi connectivity index (χ1n) is 13.5. The Hall–Kier alpha value is -4.96. The molecule has 5 rings (SSSR count). The van der Waals surface area contributed by atoms with E-state index < -0.39 is 0 Å². The number of amides is 2. The Balaban J connectivity index is 1.21. The molecule has 0 bridgehead atoms.